The zero-order valence-corrected chi connectivity index (χ0v) is 18.1. The Morgan fingerprint density at radius 3 is 2.69 bits per heavy atom. The molecule has 0 atom stereocenters. The van der Waals surface area contributed by atoms with Crippen molar-refractivity contribution in [2.24, 2.45) is 0 Å². The van der Waals surface area contributed by atoms with Crippen LogP contribution in [0, 0.1) is 0 Å². The minimum absolute atomic E-state index is 0.0353. The fourth-order valence-electron chi connectivity index (χ4n) is 2.71. The first-order chi connectivity index (χ1) is 14.3. The summed E-state index contributed by atoms with van der Waals surface area (Å²) in [5.74, 6) is 3.43. The third kappa shape index (κ3) is 7.13. The third-order valence-corrected chi connectivity index (χ3v) is 7.22. The number of nitrogens with zero attached hydrogens (tertiary/aromatic N) is 1. The maximum absolute atomic E-state index is 12.2. The van der Waals surface area contributed by atoms with Crippen LogP contribution in [0.15, 0.2) is 42.6 Å². The highest BCUT2D eigenvalue weighted by atomic mass is 32.2. The van der Waals surface area contributed by atoms with Gasteiger partial charge in [-0.2, -0.15) is 0 Å². The number of rotatable bonds is 10. The van der Waals surface area contributed by atoms with Gasteiger partial charge >= 0.3 is 0 Å². The normalized spacial score (nSPS) is 14.4. The van der Waals surface area contributed by atoms with E-state index in [4.69, 9.17) is 14.2 Å². The van der Waals surface area contributed by atoms with Crippen molar-refractivity contribution in [1.29, 1.82) is 0 Å². The van der Waals surface area contributed by atoms with Crippen molar-refractivity contribution in [2.75, 3.05) is 38.4 Å². The molecule has 8 heteroatoms. The molecule has 1 aromatic carbocycles. The zero-order chi connectivity index (χ0) is 20.3. The van der Waals surface area contributed by atoms with E-state index in [2.05, 4.69) is 22.4 Å². The highest BCUT2D eigenvalue weighted by Gasteiger charge is 2.16. The maximum atomic E-state index is 12.2. The number of nitrogens with one attached hydrogen (secondary N) is 1. The first-order valence-electron chi connectivity index (χ1n) is 9.54. The Hall–Kier alpha value is -1.90. The molecule has 6 nitrogen and oxygen atoms in total. The second kappa shape index (κ2) is 11.9. The van der Waals surface area contributed by atoms with Gasteiger partial charge < -0.3 is 19.5 Å². The average molecular weight is 435 g/mol. The highest BCUT2D eigenvalue weighted by molar-refractivity contribution is 8.16. The van der Waals surface area contributed by atoms with E-state index in [-0.39, 0.29) is 12.5 Å². The molecular formula is C21H26N2O4S2. The van der Waals surface area contributed by atoms with Crippen molar-refractivity contribution in [1.82, 2.24) is 10.3 Å². The SMILES string of the molecule is COCCOc1ncccc1CNC(=O)COc1ccc(C2SCCCS2)cc1. The Kier molecular flexibility index (Phi) is 8.98. The van der Waals surface area contributed by atoms with Gasteiger partial charge in [-0.25, -0.2) is 4.98 Å². The van der Waals surface area contributed by atoms with Gasteiger partial charge in [-0.3, -0.25) is 4.79 Å². The first-order valence-corrected chi connectivity index (χ1v) is 11.6. The molecule has 0 saturated carbocycles. The van der Waals surface area contributed by atoms with Crippen molar-refractivity contribution in [2.45, 2.75) is 17.5 Å². The molecule has 3 rings (SSSR count). The number of benzene rings is 1. The number of pyridine rings is 1. The Labute approximate surface area is 180 Å². The van der Waals surface area contributed by atoms with Gasteiger partial charge in [0.25, 0.3) is 5.91 Å². The van der Waals surface area contributed by atoms with Gasteiger partial charge in [0.05, 0.1) is 11.2 Å². The number of aromatic nitrogens is 1. The summed E-state index contributed by atoms with van der Waals surface area (Å²) in [6, 6.07) is 11.7. The Morgan fingerprint density at radius 2 is 1.93 bits per heavy atom. The number of hydrogen-bond donors (Lipinski definition) is 1. The van der Waals surface area contributed by atoms with Gasteiger partial charge in [0, 0.05) is 25.4 Å². The number of thioether (sulfide) groups is 2. The van der Waals surface area contributed by atoms with E-state index in [1.807, 2.05) is 47.8 Å². The lowest BCUT2D eigenvalue weighted by Gasteiger charge is -2.21. The summed E-state index contributed by atoms with van der Waals surface area (Å²) in [4.78, 5) is 16.4. The number of ether oxygens (including phenoxy) is 3. The van der Waals surface area contributed by atoms with E-state index in [0.717, 1.165) is 5.56 Å². The molecule has 0 unspecified atom stereocenters. The molecule has 2 aromatic rings. The Bertz CT molecular complexity index is 768. The molecule has 156 valence electrons. The van der Waals surface area contributed by atoms with Gasteiger partial charge in [-0.1, -0.05) is 18.2 Å². The molecule has 1 aromatic heterocycles. The minimum Gasteiger partial charge on any atom is -0.484 e. The predicted molar refractivity (Wildman–Crippen MR) is 118 cm³/mol. The number of carbonyl (C=O) groups is 1. The van der Waals surface area contributed by atoms with E-state index in [1.54, 1.807) is 13.3 Å². The van der Waals surface area contributed by atoms with Crippen LogP contribution in [0.4, 0.5) is 0 Å². The van der Waals surface area contributed by atoms with Crippen LogP contribution in [0.5, 0.6) is 11.6 Å². The Balaban J connectivity index is 1.43. The molecule has 0 bridgehead atoms. The first kappa shape index (κ1) is 21.8. The van der Waals surface area contributed by atoms with Gasteiger partial charge in [-0.05, 0) is 41.7 Å². The van der Waals surface area contributed by atoms with E-state index in [9.17, 15) is 4.79 Å². The molecule has 1 aliphatic heterocycles. The molecule has 1 saturated heterocycles. The summed E-state index contributed by atoms with van der Waals surface area (Å²) in [5, 5.41) is 2.84. The Morgan fingerprint density at radius 1 is 1.14 bits per heavy atom. The zero-order valence-electron chi connectivity index (χ0n) is 16.5. The smallest absolute Gasteiger partial charge is 0.258 e. The van der Waals surface area contributed by atoms with E-state index in [1.165, 1.54) is 23.5 Å². The van der Waals surface area contributed by atoms with Crippen LogP contribution < -0.4 is 14.8 Å². The van der Waals surface area contributed by atoms with Crippen LogP contribution in [0.2, 0.25) is 0 Å². The van der Waals surface area contributed by atoms with Crippen LogP contribution in [-0.2, 0) is 16.1 Å². The summed E-state index contributed by atoms with van der Waals surface area (Å²) < 4.78 is 16.7. The number of methoxy groups -OCH3 is 1. The van der Waals surface area contributed by atoms with Crippen LogP contribution in [0.3, 0.4) is 0 Å². The molecule has 1 aliphatic rings. The number of amides is 1. The van der Waals surface area contributed by atoms with Gasteiger partial charge in [0.1, 0.15) is 12.4 Å². The fraction of sp³-hybridized carbons (Fsp3) is 0.429. The van der Waals surface area contributed by atoms with Crippen molar-refractivity contribution in [3.8, 4) is 11.6 Å². The molecule has 1 N–H and O–H groups in total. The summed E-state index contributed by atoms with van der Waals surface area (Å²) in [6.07, 6.45) is 2.94. The maximum Gasteiger partial charge on any atom is 0.258 e. The molecule has 2 heterocycles. The molecular weight excluding hydrogens is 408 g/mol. The summed E-state index contributed by atoms with van der Waals surface area (Å²) in [7, 11) is 1.62. The van der Waals surface area contributed by atoms with Crippen molar-refractivity contribution in [3.05, 3.63) is 53.7 Å². The van der Waals surface area contributed by atoms with Gasteiger partial charge in [0.15, 0.2) is 6.61 Å². The van der Waals surface area contributed by atoms with Crippen molar-refractivity contribution >= 4 is 29.4 Å². The molecule has 0 radical (unpaired) electrons. The molecule has 0 aliphatic carbocycles. The number of carbonyl (C=O) groups excluding carboxylic acids is 1. The van der Waals surface area contributed by atoms with E-state index in [0.29, 0.717) is 36.0 Å². The quantitative estimate of drug-likeness (QED) is 0.572. The molecule has 1 amide bonds. The van der Waals surface area contributed by atoms with E-state index >= 15 is 0 Å². The molecule has 29 heavy (non-hydrogen) atoms. The van der Waals surface area contributed by atoms with Gasteiger partial charge in [-0.15, -0.1) is 23.5 Å². The lowest BCUT2D eigenvalue weighted by atomic mass is 10.2. The van der Waals surface area contributed by atoms with Crippen molar-refractivity contribution in [3.63, 3.8) is 0 Å². The summed E-state index contributed by atoms with van der Waals surface area (Å²) in [6.45, 7) is 1.18. The lowest BCUT2D eigenvalue weighted by Crippen LogP contribution is -2.28. The fourth-order valence-corrected chi connectivity index (χ4v) is 5.60. The van der Waals surface area contributed by atoms with Crippen LogP contribution in [-0.4, -0.2) is 49.3 Å². The highest BCUT2D eigenvalue weighted by Crippen LogP contribution is 2.43. The second-order valence-corrected chi connectivity index (χ2v) is 9.09. The summed E-state index contributed by atoms with van der Waals surface area (Å²) in [5.41, 5.74) is 2.11. The topological polar surface area (TPSA) is 69.7 Å². The standard InChI is InChI=1S/C21H26N2O4S2/c1-25-10-11-26-20-17(4-2-9-22-20)14-23-19(24)15-27-18-7-5-16(6-8-18)21-28-12-3-13-29-21/h2,4-9,21H,3,10-15H2,1H3,(H,23,24). The number of hydrogen-bond acceptors (Lipinski definition) is 7. The van der Waals surface area contributed by atoms with Gasteiger partial charge in [0.2, 0.25) is 5.88 Å². The minimum atomic E-state index is -0.195. The second-order valence-electron chi connectivity index (χ2n) is 6.37. The molecule has 0 spiro atoms. The van der Waals surface area contributed by atoms with Crippen LogP contribution >= 0.6 is 23.5 Å². The third-order valence-electron chi connectivity index (χ3n) is 4.20. The van der Waals surface area contributed by atoms with Crippen LogP contribution in [0.25, 0.3) is 0 Å². The predicted octanol–water partition coefficient (Wildman–Crippen LogP) is 3.67. The summed E-state index contributed by atoms with van der Waals surface area (Å²) >= 11 is 3.98. The van der Waals surface area contributed by atoms with Crippen LogP contribution in [0.1, 0.15) is 22.1 Å². The largest absolute Gasteiger partial charge is 0.484 e. The monoisotopic (exact) mass is 434 g/mol. The van der Waals surface area contributed by atoms with Crippen molar-refractivity contribution < 1.29 is 19.0 Å². The lowest BCUT2D eigenvalue weighted by molar-refractivity contribution is -0.123. The van der Waals surface area contributed by atoms with E-state index < -0.39 is 0 Å². The average Bonchev–Trinajstić information content (AvgIpc) is 2.78. The molecule has 1 fully saturated rings.